The molecule has 7 heteroatoms. The number of methoxy groups -OCH3 is 2. The van der Waals surface area contributed by atoms with Crippen molar-refractivity contribution in [3.05, 3.63) is 62.8 Å². The number of fused-ring (bicyclic) bond motifs is 3. The van der Waals surface area contributed by atoms with E-state index in [0.717, 1.165) is 38.8 Å². The number of aryl methyl sites for hydroxylation is 3. The molecule has 3 aromatic rings. The Balaban J connectivity index is 1.58. The molecule has 2 heterocycles. The third kappa shape index (κ3) is 3.32. The van der Waals surface area contributed by atoms with Crippen molar-refractivity contribution in [2.45, 2.75) is 51.7 Å². The maximum atomic E-state index is 11.8. The van der Waals surface area contributed by atoms with Gasteiger partial charge in [0.15, 0.2) is 11.5 Å². The van der Waals surface area contributed by atoms with Crippen LogP contribution < -0.4 is 9.47 Å². The van der Waals surface area contributed by atoms with Gasteiger partial charge in [0.1, 0.15) is 0 Å². The molecule has 1 aliphatic heterocycles. The smallest absolute Gasteiger partial charge is 0.277 e. The quantitative estimate of drug-likeness (QED) is 0.409. The van der Waals surface area contributed by atoms with Crippen molar-refractivity contribution < 1.29 is 14.4 Å². The van der Waals surface area contributed by atoms with E-state index in [-0.39, 0.29) is 16.7 Å². The average molecular weight is 436 g/mol. The van der Waals surface area contributed by atoms with Gasteiger partial charge in [-0.25, -0.2) is 0 Å². The molecule has 0 saturated heterocycles. The number of nitro groups is 1. The summed E-state index contributed by atoms with van der Waals surface area (Å²) in [6, 6.07) is 10.3. The summed E-state index contributed by atoms with van der Waals surface area (Å²) in [5.74, 6) is 0.908. The van der Waals surface area contributed by atoms with E-state index < -0.39 is 0 Å². The van der Waals surface area contributed by atoms with E-state index in [4.69, 9.17) is 9.47 Å². The van der Waals surface area contributed by atoms with Crippen LogP contribution in [0.1, 0.15) is 47.7 Å². The zero-order valence-corrected chi connectivity index (χ0v) is 18.9. The SMILES string of the molecule is COc1cc(CN2CCCn3c4c(c5cc(C)ccc53)CCCC42)c([N+](=O)[O-])cc1OC. The molecule has 32 heavy (non-hydrogen) atoms. The predicted octanol–water partition coefficient (Wildman–Crippen LogP) is 5.16. The molecule has 1 atom stereocenters. The molecule has 2 aromatic carbocycles. The van der Waals surface area contributed by atoms with E-state index in [1.807, 2.05) is 0 Å². The minimum atomic E-state index is -0.318. The third-order valence-electron chi connectivity index (χ3n) is 7.01. The van der Waals surface area contributed by atoms with Crippen molar-refractivity contribution in [2.75, 3.05) is 20.8 Å². The monoisotopic (exact) mass is 435 g/mol. The Kier molecular flexibility index (Phi) is 5.29. The van der Waals surface area contributed by atoms with Gasteiger partial charge in [0.05, 0.1) is 31.3 Å². The molecule has 1 aliphatic carbocycles. The first-order valence-corrected chi connectivity index (χ1v) is 11.3. The molecule has 1 unspecified atom stereocenters. The number of aromatic nitrogens is 1. The average Bonchev–Trinajstić information content (AvgIpc) is 2.98. The first-order valence-electron chi connectivity index (χ1n) is 11.3. The molecule has 2 aliphatic rings. The van der Waals surface area contributed by atoms with Crippen LogP contribution in [0.15, 0.2) is 30.3 Å². The minimum absolute atomic E-state index is 0.0825. The normalized spacial score (nSPS) is 18.3. The Hall–Kier alpha value is -3.06. The molecule has 0 radical (unpaired) electrons. The van der Waals surface area contributed by atoms with Gasteiger partial charge in [-0.05, 0) is 56.4 Å². The lowest BCUT2D eigenvalue weighted by molar-refractivity contribution is -0.385. The van der Waals surface area contributed by atoms with Crippen LogP contribution in [0, 0.1) is 17.0 Å². The molecule has 5 rings (SSSR count). The van der Waals surface area contributed by atoms with Crippen molar-refractivity contribution in [1.82, 2.24) is 9.47 Å². The van der Waals surface area contributed by atoms with Gasteiger partial charge in [0, 0.05) is 41.8 Å². The number of nitrogens with zero attached hydrogens (tertiary/aromatic N) is 3. The lowest BCUT2D eigenvalue weighted by Gasteiger charge is -2.33. The highest BCUT2D eigenvalue weighted by molar-refractivity contribution is 5.87. The minimum Gasteiger partial charge on any atom is -0.493 e. The lowest BCUT2D eigenvalue weighted by Crippen LogP contribution is -2.31. The summed E-state index contributed by atoms with van der Waals surface area (Å²) in [7, 11) is 3.06. The van der Waals surface area contributed by atoms with Crippen LogP contribution in [-0.4, -0.2) is 35.2 Å². The van der Waals surface area contributed by atoms with Gasteiger partial charge in [-0.1, -0.05) is 11.6 Å². The largest absolute Gasteiger partial charge is 0.493 e. The van der Waals surface area contributed by atoms with Crippen LogP contribution in [0.5, 0.6) is 11.5 Å². The van der Waals surface area contributed by atoms with Crippen molar-refractivity contribution >= 4 is 16.6 Å². The number of rotatable bonds is 5. The fraction of sp³-hybridized carbons (Fsp3) is 0.440. The highest BCUT2D eigenvalue weighted by atomic mass is 16.6. The Labute approximate surface area is 187 Å². The number of hydrogen-bond acceptors (Lipinski definition) is 5. The van der Waals surface area contributed by atoms with E-state index in [1.165, 1.54) is 40.9 Å². The number of ether oxygens (including phenoxy) is 2. The molecule has 0 saturated carbocycles. The summed E-state index contributed by atoms with van der Waals surface area (Å²) in [6.07, 6.45) is 4.32. The third-order valence-corrected chi connectivity index (χ3v) is 7.01. The molecule has 0 spiro atoms. The molecule has 168 valence electrons. The summed E-state index contributed by atoms with van der Waals surface area (Å²) in [5.41, 5.74) is 6.24. The van der Waals surface area contributed by atoms with Crippen molar-refractivity contribution in [3.63, 3.8) is 0 Å². The second-order valence-electron chi connectivity index (χ2n) is 8.86. The van der Waals surface area contributed by atoms with Crippen LogP contribution >= 0.6 is 0 Å². The molecular formula is C25H29N3O4. The Morgan fingerprint density at radius 2 is 1.88 bits per heavy atom. The second kappa shape index (κ2) is 8.13. The lowest BCUT2D eigenvalue weighted by atomic mass is 9.90. The molecule has 0 amide bonds. The molecule has 1 aromatic heterocycles. The van der Waals surface area contributed by atoms with E-state index in [9.17, 15) is 10.1 Å². The van der Waals surface area contributed by atoms with E-state index in [1.54, 1.807) is 13.2 Å². The fourth-order valence-electron chi connectivity index (χ4n) is 5.61. The zero-order chi connectivity index (χ0) is 22.4. The molecule has 0 bridgehead atoms. The fourth-order valence-corrected chi connectivity index (χ4v) is 5.61. The molecule has 7 nitrogen and oxygen atoms in total. The van der Waals surface area contributed by atoms with E-state index in [0.29, 0.717) is 23.6 Å². The van der Waals surface area contributed by atoms with Gasteiger partial charge in [-0.2, -0.15) is 0 Å². The summed E-state index contributed by atoms with van der Waals surface area (Å²) in [6.45, 7) is 4.56. The van der Waals surface area contributed by atoms with Gasteiger partial charge >= 0.3 is 0 Å². The highest BCUT2D eigenvalue weighted by Gasteiger charge is 2.34. The van der Waals surface area contributed by atoms with Crippen LogP contribution in [0.25, 0.3) is 10.9 Å². The van der Waals surface area contributed by atoms with Crippen molar-refractivity contribution in [2.24, 2.45) is 0 Å². The van der Waals surface area contributed by atoms with Crippen molar-refractivity contribution in [1.29, 1.82) is 0 Å². The van der Waals surface area contributed by atoms with Crippen LogP contribution in [0.2, 0.25) is 0 Å². The van der Waals surface area contributed by atoms with E-state index >= 15 is 0 Å². The highest BCUT2D eigenvalue weighted by Crippen LogP contribution is 2.44. The standard InChI is InChI=1S/C25H29N3O4/c1-16-8-9-20-19(12-16)18-6-4-7-21-25(18)27(20)11-5-10-26(21)15-17-13-23(31-2)24(32-3)14-22(17)28(29)30/h8-9,12-14,21H,4-7,10-11,15H2,1-3H3. The van der Waals surface area contributed by atoms with Gasteiger partial charge in [-0.15, -0.1) is 0 Å². The zero-order valence-electron chi connectivity index (χ0n) is 18.9. The Morgan fingerprint density at radius 3 is 2.62 bits per heavy atom. The number of hydrogen-bond donors (Lipinski definition) is 0. The van der Waals surface area contributed by atoms with Crippen LogP contribution in [0.3, 0.4) is 0 Å². The van der Waals surface area contributed by atoms with Gasteiger partial charge in [-0.3, -0.25) is 15.0 Å². The van der Waals surface area contributed by atoms with Crippen molar-refractivity contribution in [3.8, 4) is 11.5 Å². The van der Waals surface area contributed by atoms with Crippen LogP contribution in [-0.2, 0) is 19.5 Å². The maximum Gasteiger partial charge on any atom is 0.277 e. The maximum absolute atomic E-state index is 11.8. The van der Waals surface area contributed by atoms with Crippen LogP contribution in [0.4, 0.5) is 5.69 Å². The number of benzene rings is 2. The molecule has 0 fully saturated rings. The summed E-state index contributed by atoms with van der Waals surface area (Å²) in [5, 5.41) is 13.2. The van der Waals surface area contributed by atoms with Gasteiger partial charge in [0.25, 0.3) is 5.69 Å². The van der Waals surface area contributed by atoms with Gasteiger partial charge < -0.3 is 14.0 Å². The van der Waals surface area contributed by atoms with E-state index in [2.05, 4.69) is 34.6 Å². The topological polar surface area (TPSA) is 69.8 Å². The summed E-state index contributed by atoms with van der Waals surface area (Å²) in [4.78, 5) is 14.0. The summed E-state index contributed by atoms with van der Waals surface area (Å²) >= 11 is 0. The second-order valence-corrected chi connectivity index (χ2v) is 8.86. The molecular weight excluding hydrogens is 406 g/mol. The molecule has 0 N–H and O–H groups in total. The van der Waals surface area contributed by atoms with Gasteiger partial charge in [0.2, 0.25) is 0 Å². The Morgan fingerprint density at radius 1 is 1.09 bits per heavy atom. The first kappa shape index (κ1) is 20.8. The predicted molar refractivity (Wildman–Crippen MR) is 124 cm³/mol. The Bertz CT molecular complexity index is 1200. The summed E-state index contributed by atoms with van der Waals surface area (Å²) < 4.78 is 13.3. The number of nitro benzene ring substituents is 1. The first-order chi connectivity index (χ1) is 15.5.